The molecule has 0 bridgehead atoms. The van der Waals surface area contributed by atoms with Gasteiger partial charge in [0, 0.05) is 19.1 Å². The Morgan fingerprint density at radius 1 is 1.53 bits per heavy atom. The van der Waals surface area contributed by atoms with Crippen molar-refractivity contribution in [3.8, 4) is 5.75 Å². The van der Waals surface area contributed by atoms with E-state index in [1.807, 2.05) is 12.1 Å². The number of rotatable bonds is 3. The monoisotopic (exact) mass is 235 g/mol. The van der Waals surface area contributed by atoms with Crippen molar-refractivity contribution in [3.63, 3.8) is 0 Å². The van der Waals surface area contributed by atoms with Gasteiger partial charge in [-0.3, -0.25) is 0 Å². The third-order valence-electron chi connectivity index (χ3n) is 3.48. The lowest BCUT2D eigenvalue weighted by Gasteiger charge is -2.35. The van der Waals surface area contributed by atoms with Gasteiger partial charge in [-0.05, 0) is 37.8 Å². The average molecular weight is 235 g/mol. The second-order valence-electron chi connectivity index (χ2n) is 4.76. The molecule has 94 valence electrons. The number of methoxy groups -OCH3 is 1. The van der Waals surface area contributed by atoms with Gasteiger partial charge in [-0.1, -0.05) is 0 Å². The maximum Gasteiger partial charge on any atom is 0.137 e. The molecule has 2 N–H and O–H groups in total. The van der Waals surface area contributed by atoms with Crippen LogP contribution in [0.4, 0.5) is 5.82 Å². The molecule has 0 spiro atoms. The van der Waals surface area contributed by atoms with Crippen LogP contribution >= 0.6 is 0 Å². The molecule has 1 aromatic heterocycles. The number of hydrogen-bond acceptors (Lipinski definition) is 4. The van der Waals surface area contributed by atoms with Crippen molar-refractivity contribution in [1.82, 2.24) is 4.98 Å². The average Bonchev–Trinajstić information content (AvgIpc) is 2.39. The highest BCUT2D eigenvalue weighted by Gasteiger charge is 2.23. The quantitative estimate of drug-likeness (QED) is 0.865. The lowest BCUT2D eigenvalue weighted by Crippen LogP contribution is -2.42. The van der Waals surface area contributed by atoms with Crippen molar-refractivity contribution >= 4 is 5.82 Å². The van der Waals surface area contributed by atoms with E-state index in [-0.39, 0.29) is 6.04 Å². The maximum atomic E-state index is 5.99. The van der Waals surface area contributed by atoms with E-state index in [0.29, 0.717) is 5.92 Å². The smallest absolute Gasteiger partial charge is 0.137 e. The van der Waals surface area contributed by atoms with Crippen LogP contribution in [-0.4, -0.2) is 31.2 Å². The van der Waals surface area contributed by atoms with Gasteiger partial charge in [-0.2, -0.15) is 0 Å². The van der Waals surface area contributed by atoms with Crippen LogP contribution in [-0.2, 0) is 0 Å². The Labute approximate surface area is 103 Å². The predicted molar refractivity (Wildman–Crippen MR) is 69.4 cm³/mol. The van der Waals surface area contributed by atoms with Gasteiger partial charge in [0.05, 0.1) is 13.3 Å². The van der Waals surface area contributed by atoms with Gasteiger partial charge in [-0.25, -0.2) is 4.98 Å². The summed E-state index contributed by atoms with van der Waals surface area (Å²) >= 11 is 0. The molecule has 1 fully saturated rings. The van der Waals surface area contributed by atoms with Gasteiger partial charge < -0.3 is 15.4 Å². The second kappa shape index (κ2) is 5.36. The summed E-state index contributed by atoms with van der Waals surface area (Å²) in [5.41, 5.74) is 5.99. The summed E-state index contributed by atoms with van der Waals surface area (Å²) in [6, 6.07) is 4.23. The fourth-order valence-electron chi connectivity index (χ4n) is 2.33. The summed E-state index contributed by atoms with van der Waals surface area (Å²) in [6.45, 7) is 4.18. The number of nitrogens with zero attached hydrogens (tertiary/aromatic N) is 2. The summed E-state index contributed by atoms with van der Waals surface area (Å²) in [5.74, 6) is 2.40. The van der Waals surface area contributed by atoms with Crippen LogP contribution in [0.25, 0.3) is 0 Å². The Morgan fingerprint density at radius 2 is 2.35 bits per heavy atom. The van der Waals surface area contributed by atoms with Crippen LogP contribution < -0.4 is 15.4 Å². The highest BCUT2D eigenvalue weighted by Crippen LogP contribution is 2.24. The normalized spacial score (nSPS) is 22.3. The zero-order valence-electron chi connectivity index (χ0n) is 10.6. The Bertz CT molecular complexity index is 350. The van der Waals surface area contributed by atoms with Crippen molar-refractivity contribution in [2.24, 2.45) is 11.7 Å². The first-order valence-corrected chi connectivity index (χ1v) is 6.21. The number of aromatic nitrogens is 1. The summed E-state index contributed by atoms with van der Waals surface area (Å²) in [6.07, 6.45) is 4.19. The summed E-state index contributed by atoms with van der Waals surface area (Å²) in [4.78, 5) is 6.74. The first kappa shape index (κ1) is 12.2. The van der Waals surface area contributed by atoms with Crippen LogP contribution in [0.2, 0.25) is 0 Å². The molecule has 1 aliphatic rings. The lowest BCUT2D eigenvalue weighted by molar-refractivity contribution is 0.363. The molecule has 2 heterocycles. The van der Waals surface area contributed by atoms with Crippen molar-refractivity contribution in [2.45, 2.75) is 25.8 Å². The number of hydrogen-bond donors (Lipinski definition) is 1. The highest BCUT2D eigenvalue weighted by atomic mass is 16.5. The lowest BCUT2D eigenvalue weighted by atomic mass is 9.92. The first-order chi connectivity index (χ1) is 8.20. The highest BCUT2D eigenvalue weighted by molar-refractivity contribution is 5.41. The fourth-order valence-corrected chi connectivity index (χ4v) is 2.33. The minimum atomic E-state index is 0.260. The Morgan fingerprint density at radius 3 is 2.94 bits per heavy atom. The molecule has 1 aromatic rings. The first-order valence-electron chi connectivity index (χ1n) is 6.21. The molecule has 4 heteroatoms. The predicted octanol–water partition coefficient (Wildman–Crippen LogP) is 1.65. The number of ether oxygens (including phenoxy) is 1. The molecule has 0 aromatic carbocycles. The van der Waals surface area contributed by atoms with Crippen LogP contribution in [0.3, 0.4) is 0 Å². The third kappa shape index (κ3) is 2.88. The van der Waals surface area contributed by atoms with E-state index in [1.165, 1.54) is 12.8 Å². The van der Waals surface area contributed by atoms with E-state index >= 15 is 0 Å². The molecule has 0 radical (unpaired) electrons. The van der Waals surface area contributed by atoms with Gasteiger partial charge in [0.15, 0.2) is 0 Å². The topological polar surface area (TPSA) is 51.4 Å². The zero-order chi connectivity index (χ0) is 12.3. The second-order valence-corrected chi connectivity index (χ2v) is 4.76. The fraction of sp³-hybridized carbons (Fsp3) is 0.615. The van der Waals surface area contributed by atoms with Crippen LogP contribution in [0.15, 0.2) is 18.3 Å². The van der Waals surface area contributed by atoms with Crippen molar-refractivity contribution in [2.75, 3.05) is 25.1 Å². The minimum absolute atomic E-state index is 0.260. The minimum Gasteiger partial charge on any atom is -0.495 e. The van der Waals surface area contributed by atoms with Gasteiger partial charge in [0.2, 0.25) is 0 Å². The van der Waals surface area contributed by atoms with Gasteiger partial charge in [-0.15, -0.1) is 0 Å². The Kier molecular flexibility index (Phi) is 3.84. The molecule has 1 saturated heterocycles. The summed E-state index contributed by atoms with van der Waals surface area (Å²) in [5, 5.41) is 0. The Balaban J connectivity index is 2.05. The maximum absolute atomic E-state index is 5.99. The SMILES string of the molecule is COc1ccc(N2CCCC(C(C)N)C2)nc1. The molecular formula is C13H21N3O. The van der Waals surface area contributed by atoms with Crippen LogP contribution in [0.1, 0.15) is 19.8 Å². The van der Waals surface area contributed by atoms with Gasteiger partial charge in [0.25, 0.3) is 0 Å². The molecule has 0 amide bonds. The van der Waals surface area contributed by atoms with E-state index in [1.54, 1.807) is 13.3 Å². The molecule has 1 aliphatic heterocycles. The molecule has 0 saturated carbocycles. The standard InChI is InChI=1S/C13H21N3O/c1-10(14)11-4-3-7-16(9-11)13-6-5-12(17-2)8-15-13/h5-6,8,10-11H,3-4,7,9,14H2,1-2H3. The van der Waals surface area contributed by atoms with Crippen molar-refractivity contribution < 1.29 is 4.74 Å². The summed E-state index contributed by atoms with van der Waals surface area (Å²) < 4.78 is 5.11. The molecule has 17 heavy (non-hydrogen) atoms. The number of pyridine rings is 1. The van der Waals surface area contributed by atoms with Crippen molar-refractivity contribution in [3.05, 3.63) is 18.3 Å². The number of nitrogens with two attached hydrogens (primary N) is 1. The molecule has 2 atom stereocenters. The molecule has 2 unspecified atom stereocenters. The molecular weight excluding hydrogens is 214 g/mol. The van der Waals surface area contributed by atoms with Gasteiger partial charge in [0.1, 0.15) is 11.6 Å². The molecule has 0 aliphatic carbocycles. The van der Waals surface area contributed by atoms with Crippen LogP contribution in [0, 0.1) is 5.92 Å². The zero-order valence-corrected chi connectivity index (χ0v) is 10.6. The largest absolute Gasteiger partial charge is 0.495 e. The van der Waals surface area contributed by atoms with E-state index in [2.05, 4.69) is 16.8 Å². The van der Waals surface area contributed by atoms with Crippen LogP contribution in [0.5, 0.6) is 5.75 Å². The molecule has 2 rings (SSSR count). The summed E-state index contributed by atoms with van der Waals surface area (Å²) in [7, 11) is 1.66. The third-order valence-corrected chi connectivity index (χ3v) is 3.48. The number of piperidine rings is 1. The van der Waals surface area contributed by atoms with Gasteiger partial charge >= 0.3 is 0 Å². The van der Waals surface area contributed by atoms with E-state index in [4.69, 9.17) is 10.5 Å². The van der Waals surface area contributed by atoms with E-state index in [0.717, 1.165) is 24.7 Å². The molecule has 4 nitrogen and oxygen atoms in total. The number of anilines is 1. The van der Waals surface area contributed by atoms with Crippen molar-refractivity contribution in [1.29, 1.82) is 0 Å². The van der Waals surface area contributed by atoms with E-state index < -0.39 is 0 Å². The Hall–Kier alpha value is -1.29. The van der Waals surface area contributed by atoms with E-state index in [9.17, 15) is 0 Å².